The first kappa shape index (κ1) is 13.6. The number of aromatic nitrogens is 1. The molecular formula is C18H16FNO. The number of para-hydroxylation sites is 1. The van der Waals surface area contributed by atoms with Gasteiger partial charge < -0.3 is 0 Å². The second kappa shape index (κ2) is 5.17. The highest BCUT2D eigenvalue weighted by molar-refractivity contribution is 5.85. The zero-order valence-electron chi connectivity index (χ0n) is 12.0. The standard InChI is InChI=1S/C18H16FNO/c1-12(2)15-11-20(17-10-6-5-9-16(17)19)18(21)14-8-4-3-7-13(14)15/h3-12H,1-2H3. The third-order valence-electron chi connectivity index (χ3n) is 3.69. The van der Waals surface area contributed by atoms with Crippen LogP contribution in [0.2, 0.25) is 0 Å². The highest BCUT2D eigenvalue weighted by Crippen LogP contribution is 2.24. The lowest BCUT2D eigenvalue weighted by Gasteiger charge is -2.15. The molecule has 0 atom stereocenters. The Hall–Kier alpha value is -2.42. The minimum Gasteiger partial charge on any atom is -0.281 e. The lowest BCUT2D eigenvalue weighted by atomic mass is 9.98. The van der Waals surface area contributed by atoms with Crippen molar-refractivity contribution in [3.05, 3.63) is 76.5 Å². The van der Waals surface area contributed by atoms with E-state index in [-0.39, 0.29) is 17.2 Å². The number of hydrogen-bond donors (Lipinski definition) is 0. The Bertz CT molecular complexity index is 864. The number of halogens is 1. The van der Waals surface area contributed by atoms with Crippen LogP contribution in [-0.2, 0) is 0 Å². The fraction of sp³-hybridized carbons (Fsp3) is 0.167. The fourth-order valence-electron chi connectivity index (χ4n) is 2.60. The molecule has 0 aliphatic rings. The third-order valence-corrected chi connectivity index (χ3v) is 3.69. The Balaban J connectivity index is 2.43. The molecule has 0 N–H and O–H groups in total. The van der Waals surface area contributed by atoms with E-state index in [2.05, 4.69) is 13.8 Å². The van der Waals surface area contributed by atoms with Gasteiger partial charge >= 0.3 is 0 Å². The lowest BCUT2D eigenvalue weighted by Crippen LogP contribution is -2.20. The van der Waals surface area contributed by atoms with Crippen molar-refractivity contribution in [2.75, 3.05) is 0 Å². The topological polar surface area (TPSA) is 22.0 Å². The number of nitrogens with zero attached hydrogens (tertiary/aromatic N) is 1. The molecule has 0 radical (unpaired) electrons. The highest BCUT2D eigenvalue weighted by atomic mass is 19.1. The molecule has 0 saturated heterocycles. The molecule has 0 amide bonds. The molecule has 3 heteroatoms. The van der Waals surface area contributed by atoms with Crippen LogP contribution in [0, 0.1) is 5.82 Å². The van der Waals surface area contributed by atoms with E-state index < -0.39 is 5.82 Å². The van der Waals surface area contributed by atoms with Gasteiger partial charge in [0.05, 0.1) is 5.69 Å². The van der Waals surface area contributed by atoms with Crippen LogP contribution in [-0.4, -0.2) is 4.57 Å². The van der Waals surface area contributed by atoms with Crippen molar-refractivity contribution in [2.24, 2.45) is 0 Å². The van der Waals surface area contributed by atoms with Gasteiger partial charge in [0.15, 0.2) is 0 Å². The minimum absolute atomic E-state index is 0.194. The first-order valence-corrected chi connectivity index (χ1v) is 6.99. The molecule has 0 aliphatic heterocycles. The summed E-state index contributed by atoms with van der Waals surface area (Å²) in [4.78, 5) is 12.7. The van der Waals surface area contributed by atoms with Crippen LogP contribution in [0.15, 0.2) is 59.5 Å². The summed E-state index contributed by atoms with van der Waals surface area (Å²) >= 11 is 0. The molecule has 1 aromatic heterocycles. The second-order valence-electron chi connectivity index (χ2n) is 5.41. The number of fused-ring (bicyclic) bond motifs is 1. The van der Waals surface area contributed by atoms with E-state index in [1.807, 2.05) is 18.2 Å². The van der Waals surface area contributed by atoms with Gasteiger partial charge in [-0.2, -0.15) is 0 Å². The highest BCUT2D eigenvalue weighted by Gasteiger charge is 2.13. The Labute approximate surface area is 122 Å². The Kier molecular flexibility index (Phi) is 3.34. The summed E-state index contributed by atoms with van der Waals surface area (Å²) in [6, 6.07) is 13.8. The van der Waals surface area contributed by atoms with Crippen LogP contribution in [0.4, 0.5) is 4.39 Å². The van der Waals surface area contributed by atoms with Gasteiger partial charge in [0.2, 0.25) is 0 Å². The normalized spacial score (nSPS) is 11.2. The number of pyridine rings is 1. The van der Waals surface area contributed by atoms with Gasteiger partial charge in [0.25, 0.3) is 5.56 Å². The zero-order chi connectivity index (χ0) is 15.0. The maximum Gasteiger partial charge on any atom is 0.263 e. The van der Waals surface area contributed by atoms with Crippen LogP contribution in [0.3, 0.4) is 0 Å². The van der Waals surface area contributed by atoms with Crippen molar-refractivity contribution >= 4 is 10.8 Å². The van der Waals surface area contributed by atoms with E-state index in [0.29, 0.717) is 5.39 Å². The molecule has 0 fully saturated rings. The molecule has 1 heterocycles. The summed E-state index contributed by atoms with van der Waals surface area (Å²) in [6.45, 7) is 4.13. The second-order valence-corrected chi connectivity index (χ2v) is 5.41. The van der Waals surface area contributed by atoms with Crippen LogP contribution in [0.1, 0.15) is 25.3 Å². The zero-order valence-corrected chi connectivity index (χ0v) is 12.0. The SMILES string of the molecule is CC(C)c1cn(-c2ccccc2F)c(=O)c2ccccc12. The van der Waals surface area contributed by atoms with Gasteiger partial charge in [0.1, 0.15) is 5.82 Å². The average molecular weight is 281 g/mol. The van der Waals surface area contributed by atoms with Crippen molar-refractivity contribution in [1.82, 2.24) is 4.57 Å². The molecule has 2 aromatic carbocycles. The summed E-state index contributed by atoms with van der Waals surface area (Å²) in [7, 11) is 0. The van der Waals surface area contributed by atoms with Gasteiger partial charge in [-0.25, -0.2) is 4.39 Å². The molecule has 2 nitrogen and oxygen atoms in total. The van der Waals surface area contributed by atoms with E-state index in [1.54, 1.807) is 30.5 Å². The van der Waals surface area contributed by atoms with Crippen LogP contribution >= 0.6 is 0 Å². The van der Waals surface area contributed by atoms with E-state index in [1.165, 1.54) is 10.6 Å². The van der Waals surface area contributed by atoms with Crippen LogP contribution < -0.4 is 5.56 Å². The van der Waals surface area contributed by atoms with E-state index >= 15 is 0 Å². The Morgan fingerprint density at radius 3 is 2.24 bits per heavy atom. The quantitative estimate of drug-likeness (QED) is 0.688. The first-order valence-electron chi connectivity index (χ1n) is 6.99. The number of rotatable bonds is 2. The van der Waals surface area contributed by atoms with Gasteiger partial charge in [-0.1, -0.05) is 44.2 Å². The monoisotopic (exact) mass is 281 g/mol. The van der Waals surface area contributed by atoms with E-state index in [9.17, 15) is 9.18 Å². The molecule has 0 saturated carbocycles. The first-order chi connectivity index (χ1) is 10.1. The number of benzene rings is 2. The molecule has 0 aliphatic carbocycles. The van der Waals surface area contributed by atoms with E-state index in [4.69, 9.17) is 0 Å². The summed E-state index contributed by atoms with van der Waals surface area (Å²) in [5, 5.41) is 1.55. The molecule has 21 heavy (non-hydrogen) atoms. The number of hydrogen-bond acceptors (Lipinski definition) is 1. The summed E-state index contributed by atoms with van der Waals surface area (Å²) < 4.78 is 15.4. The minimum atomic E-state index is -0.399. The predicted molar refractivity (Wildman–Crippen MR) is 83.6 cm³/mol. The summed E-state index contributed by atoms with van der Waals surface area (Å²) in [5.74, 6) is -0.155. The Morgan fingerprint density at radius 2 is 1.57 bits per heavy atom. The van der Waals surface area contributed by atoms with Crippen LogP contribution in [0.25, 0.3) is 16.5 Å². The smallest absolute Gasteiger partial charge is 0.263 e. The summed E-state index contributed by atoms with van der Waals surface area (Å²) in [6.07, 6.45) is 1.76. The van der Waals surface area contributed by atoms with Gasteiger partial charge in [0, 0.05) is 11.6 Å². The molecular weight excluding hydrogens is 265 g/mol. The molecule has 0 unspecified atom stereocenters. The van der Waals surface area contributed by atoms with Crippen molar-refractivity contribution in [3.63, 3.8) is 0 Å². The van der Waals surface area contributed by atoms with Crippen molar-refractivity contribution in [2.45, 2.75) is 19.8 Å². The molecule has 0 bridgehead atoms. The van der Waals surface area contributed by atoms with Crippen molar-refractivity contribution in [1.29, 1.82) is 0 Å². The maximum atomic E-state index is 14.0. The van der Waals surface area contributed by atoms with Gasteiger partial charge in [-0.15, -0.1) is 0 Å². The molecule has 3 aromatic rings. The predicted octanol–water partition coefficient (Wildman–Crippen LogP) is 4.25. The van der Waals surface area contributed by atoms with Gasteiger partial charge in [-0.3, -0.25) is 9.36 Å². The van der Waals surface area contributed by atoms with Crippen molar-refractivity contribution < 1.29 is 4.39 Å². The average Bonchev–Trinajstić information content (AvgIpc) is 2.48. The van der Waals surface area contributed by atoms with E-state index in [0.717, 1.165) is 10.9 Å². The Morgan fingerprint density at radius 1 is 0.952 bits per heavy atom. The molecule has 0 spiro atoms. The largest absolute Gasteiger partial charge is 0.281 e. The summed E-state index contributed by atoms with van der Waals surface area (Å²) in [5.41, 5.74) is 1.13. The van der Waals surface area contributed by atoms with Crippen molar-refractivity contribution in [3.8, 4) is 5.69 Å². The lowest BCUT2D eigenvalue weighted by molar-refractivity contribution is 0.616. The molecule has 106 valence electrons. The van der Waals surface area contributed by atoms with Gasteiger partial charge in [-0.05, 0) is 35.1 Å². The van der Waals surface area contributed by atoms with Crippen LogP contribution in [0.5, 0.6) is 0 Å². The fourth-order valence-corrected chi connectivity index (χ4v) is 2.60. The third kappa shape index (κ3) is 2.25. The maximum absolute atomic E-state index is 14.0. The molecule has 3 rings (SSSR count).